The Morgan fingerprint density at radius 3 is 2.45 bits per heavy atom. The van der Waals surface area contributed by atoms with Crippen molar-refractivity contribution in [2.75, 3.05) is 16.0 Å². The highest BCUT2D eigenvalue weighted by Crippen LogP contribution is 2.59. The van der Waals surface area contributed by atoms with Crippen LogP contribution in [0.3, 0.4) is 0 Å². The Labute approximate surface area is 220 Å². The topological polar surface area (TPSA) is 80.1 Å². The van der Waals surface area contributed by atoms with Gasteiger partial charge >= 0.3 is 6.18 Å². The highest BCUT2D eigenvalue weighted by molar-refractivity contribution is 7.99. The van der Waals surface area contributed by atoms with Gasteiger partial charge in [0.15, 0.2) is 5.69 Å². The molecule has 2 saturated heterocycles. The highest BCUT2D eigenvalue weighted by atomic mass is 32.2. The van der Waals surface area contributed by atoms with Crippen LogP contribution in [-0.4, -0.2) is 34.7 Å². The maximum absolute atomic E-state index is 13.6. The molecule has 2 unspecified atom stereocenters. The van der Waals surface area contributed by atoms with Crippen molar-refractivity contribution in [2.45, 2.75) is 42.5 Å². The zero-order valence-corrected chi connectivity index (χ0v) is 21.2. The Balaban J connectivity index is 1.38. The molecular formula is C27H22F3N3O4S. The van der Waals surface area contributed by atoms with Crippen LogP contribution in [0.25, 0.3) is 4.85 Å². The van der Waals surface area contributed by atoms with E-state index in [1.165, 1.54) is 24.8 Å². The number of hydrogen-bond acceptors (Lipinski definition) is 5. The minimum atomic E-state index is -4.81. The summed E-state index contributed by atoms with van der Waals surface area (Å²) in [4.78, 5) is 43.0. The zero-order valence-electron chi connectivity index (χ0n) is 20.3. The first-order valence-corrected chi connectivity index (χ1v) is 12.7. The summed E-state index contributed by atoms with van der Waals surface area (Å²) < 4.78 is 47.0. The molecule has 7 nitrogen and oxygen atoms in total. The lowest BCUT2D eigenvalue weighted by Crippen LogP contribution is -2.41. The summed E-state index contributed by atoms with van der Waals surface area (Å²) in [6, 6.07) is 10.1. The molecule has 196 valence electrons. The normalized spacial score (nSPS) is 27.5. The number of nitrogens with zero attached hydrogens (tertiary/aromatic N) is 2. The van der Waals surface area contributed by atoms with Crippen molar-refractivity contribution in [3.05, 3.63) is 71.6 Å². The van der Waals surface area contributed by atoms with Gasteiger partial charge < -0.3 is 10.1 Å². The Morgan fingerprint density at radius 1 is 1.13 bits per heavy atom. The Bertz CT molecular complexity index is 1420. The van der Waals surface area contributed by atoms with Crippen molar-refractivity contribution >= 4 is 46.5 Å². The van der Waals surface area contributed by atoms with Gasteiger partial charge in [-0.15, -0.1) is 11.8 Å². The molecule has 2 aromatic rings. The number of fused-ring (bicyclic) bond motifs is 5. The van der Waals surface area contributed by atoms with Crippen LogP contribution in [0, 0.1) is 18.4 Å². The average Bonchev–Trinajstić information content (AvgIpc) is 3.43. The molecule has 11 heteroatoms. The largest absolute Gasteiger partial charge is 0.407 e. The van der Waals surface area contributed by atoms with Crippen molar-refractivity contribution in [2.24, 2.45) is 11.8 Å². The van der Waals surface area contributed by atoms with E-state index in [-0.39, 0.29) is 11.6 Å². The minimum absolute atomic E-state index is 0.171. The summed E-state index contributed by atoms with van der Waals surface area (Å²) in [5, 5.41) is 2.70. The molecule has 0 aliphatic carbocycles. The van der Waals surface area contributed by atoms with Crippen LogP contribution in [0.1, 0.15) is 25.8 Å². The number of carbonyl (C=O) groups is 3. The highest BCUT2D eigenvalue weighted by Gasteiger charge is 2.71. The minimum Gasteiger partial charge on any atom is -0.359 e. The molecule has 0 spiro atoms. The molecule has 2 aromatic carbocycles. The van der Waals surface area contributed by atoms with E-state index in [9.17, 15) is 27.6 Å². The Morgan fingerprint density at radius 2 is 1.82 bits per heavy atom. The fourth-order valence-corrected chi connectivity index (χ4v) is 6.54. The van der Waals surface area contributed by atoms with Crippen molar-refractivity contribution in [3.8, 4) is 0 Å². The van der Waals surface area contributed by atoms with Gasteiger partial charge in [0, 0.05) is 28.9 Å². The number of amides is 3. The van der Waals surface area contributed by atoms with Crippen LogP contribution >= 0.6 is 11.8 Å². The maximum atomic E-state index is 13.6. The van der Waals surface area contributed by atoms with E-state index in [2.05, 4.69) is 10.2 Å². The van der Waals surface area contributed by atoms with Crippen LogP contribution in [0.15, 0.2) is 59.5 Å². The number of benzene rings is 2. The molecule has 3 heterocycles. The second kappa shape index (κ2) is 8.99. The molecule has 0 saturated carbocycles. The third-order valence-electron chi connectivity index (χ3n) is 7.16. The summed E-state index contributed by atoms with van der Waals surface area (Å²) in [5.41, 5.74) is -3.45. The second-order valence-electron chi connectivity index (χ2n) is 9.66. The number of hydrogen-bond donors (Lipinski definition) is 1. The number of anilines is 2. The fourth-order valence-electron chi connectivity index (χ4n) is 5.56. The van der Waals surface area contributed by atoms with E-state index in [1.54, 1.807) is 31.2 Å². The SMILES string of the molecule is [C-]#[N+]c1ccc(N2C(=O)[C@@H]3[C@H](C2=O)C2(CCSc4ccc(NC(C)=O)cc4)C=CC3(C)O2)cc1C(F)(F)F. The third-order valence-corrected chi connectivity index (χ3v) is 8.17. The van der Waals surface area contributed by atoms with E-state index >= 15 is 0 Å². The molecule has 1 N–H and O–H groups in total. The molecule has 3 amide bonds. The molecule has 3 aliphatic heterocycles. The van der Waals surface area contributed by atoms with Crippen molar-refractivity contribution in [3.63, 3.8) is 0 Å². The molecule has 5 rings (SSSR count). The number of rotatable bonds is 6. The Kier molecular flexibility index (Phi) is 6.16. The maximum Gasteiger partial charge on any atom is 0.407 e. The van der Waals surface area contributed by atoms with Crippen molar-refractivity contribution < 1.29 is 32.3 Å². The number of alkyl halides is 3. The number of carbonyl (C=O) groups excluding carboxylic acids is 3. The molecule has 0 aromatic heterocycles. The summed E-state index contributed by atoms with van der Waals surface area (Å²) in [5.74, 6) is -2.59. The van der Waals surface area contributed by atoms with Gasteiger partial charge in [-0.25, -0.2) is 9.74 Å². The number of ether oxygens (including phenoxy) is 1. The number of thioether (sulfide) groups is 1. The summed E-state index contributed by atoms with van der Waals surface area (Å²) in [6.45, 7) is 10.2. The van der Waals surface area contributed by atoms with E-state index in [4.69, 9.17) is 11.3 Å². The summed E-state index contributed by atoms with van der Waals surface area (Å²) in [7, 11) is 0. The van der Waals surface area contributed by atoms with Gasteiger partial charge in [-0.3, -0.25) is 14.4 Å². The van der Waals surface area contributed by atoms with Crippen molar-refractivity contribution in [1.29, 1.82) is 0 Å². The average molecular weight is 542 g/mol. The smallest absolute Gasteiger partial charge is 0.359 e. The van der Waals surface area contributed by atoms with Gasteiger partial charge in [-0.05, 0) is 49.7 Å². The van der Waals surface area contributed by atoms with Crippen LogP contribution < -0.4 is 10.2 Å². The lowest BCUT2D eigenvalue weighted by molar-refractivity contribution is -0.137. The molecule has 4 atom stereocenters. The molecule has 2 bridgehead atoms. The Hall–Kier alpha value is -3.62. The fraction of sp³-hybridized carbons (Fsp3) is 0.333. The van der Waals surface area contributed by atoms with Crippen LogP contribution in [0.5, 0.6) is 0 Å². The predicted octanol–water partition coefficient (Wildman–Crippen LogP) is 5.60. The van der Waals surface area contributed by atoms with Crippen LogP contribution in [0.4, 0.5) is 30.2 Å². The first-order valence-electron chi connectivity index (χ1n) is 11.8. The van der Waals surface area contributed by atoms with E-state index < -0.39 is 52.3 Å². The lowest BCUT2D eigenvalue weighted by Gasteiger charge is -2.29. The van der Waals surface area contributed by atoms with Gasteiger partial charge in [0.05, 0.1) is 29.6 Å². The predicted molar refractivity (Wildman–Crippen MR) is 135 cm³/mol. The molecule has 38 heavy (non-hydrogen) atoms. The van der Waals surface area contributed by atoms with Gasteiger partial charge in [0.25, 0.3) is 0 Å². The second-order valence-corrected chi connectivity index (χ2v) is 10.8. The van der Waals surface area contributed by atoms with Crippen molar-refractivity contribution in [1.82, 2.24) is 0 Å². The monoisotopic (exact) mass is 541 g/mol. The van der Waals surface area contributed by atoms with Gasteiger partial charge in [0.1, 0.15) is 5.60 Å². The third kappa shape index (κ3) is 4.18. The van der Waals surface area contributed by atoms with E-state index in [0.717, 1.165) is 15.9 Å². The van der Waals surface area contributed by atoms with Gasteiger partial charge in [0.2, 0.25) is 17.7 Å². The zero-order chi connectivity index (χ0) is 27.5. The van der Waals surface area contributed by atoms with Gasteiger partial charge in [-0.1, -0.05) is 18.2 Å². The first-order chi connectivity index (χ1) is 17.9. The number of imide groups is 1. The first kappa shape index (κ1) is 26.0. The van der Waals surface area contributed by atoms with Crippen LogP contribution in [-0.2, 0) is 25.3 Å². The van der Waals surface area contributed by atoms with E-state index in [0.29, 0.717) is 23.9 Å². The number of halogens is 3. The molecular weight excluding hydrogens is 519 g/mol. The summed E-state index contributed by atoms with van der Waals surface area (Å²) >= 11 is 1.52. The summed E-state index contributed by atoms with van der Waals surface area (Å²) in [6.07, 6.45) is -0.854. The molecule has 2 fully saturated rings. The quantitative estimate of drug-likeness (QED) is 0.223. The molecule has 0 radical (unpaired) electrons. The van der Waals surface area contributed by atoms with Crippen LogP contribution in [0.2, 0.25) is 0 Å². The van der Waals surface area contributed by atoms with Gasteiger partial charge in [-0.2, -0.15) is 13.2 Å². The lowest BCUT2D eigenvalue weighted by atomic mass is 9.71. The standard InChI is InChI=1S/C27H22F3N3O4S/c1-15(34)32-16-4-7-18(8-5-16)38-13-12-26-11-10-25(2,37-26)21-22(26)24(36)33(23(21)35)17-6-9-20(31-3)19(14-17)27(28,29)30/h4-11,14,21-22H,12-13H2,1-2H3,(H,32,34)/t21-,22+,25?,26?/m0/s1. The molecule has 3 aliphatic rings. The number of nitrogens with one attached hydrogen (secondary N) is 1. The van der Waals surface area contributed by atoms with E-state index in [1.807, 2.05) is 12.1 Å².